The van der Waals surface area contributed by atoms with E-state index in [9.17, 15) is 9.59 Å². The first-order valence-electron chi connectivity index (χ1n) is 8.84. The number of likely N-dealkylation sites (tertiary alicyclic amines) is 1. The minimum Gasteiger partial charge on any atom is -0.348 e. The molecule has 25 heavy (non-hydrogen) atoms. The van der Waals surface area contributed by atoms with Gasteiger partial charge in [-0.15, -0.1) is 11.3 Å². The Hall–Kier alpha value is -1.73. The van der Waals surface area contributed by atoms with E-state index in [1.54, 1.807) is 36.7 Å². The summed E-state index contributed by atoms with van der Waals surface area (Å²) < 4.78 is 1.82. The first-order chi connectivity index (χ1) is 11.9. The predicted octanol–water partition coefficient (Wildman–Crippen LogP) is 2.05. The minimum atomic E-state index is 0.0917. The summed E-state index contributed by atoms with van der Waals surface area (Å²) in [6, 6.07) is 0.167. The van der Waals surface area contributed by atoms with Gasteiger partial charge in [0.05, 0.1) is 18.3 Å². The quantitative estimate of drug-likeness (QED) is 0.835. The van der Waals surface area contributed by atoms with E-state index >= 15 is 0 Å². The van der Waals surface area contributed by atoms with Gasteiger partial charge in [-0.25, -0.2) is 4.98 Å². The maximum absolute atomic E-state index is 13.0. The molecule has 0 bridgehead atoms. The highest BCUT2D eigenvalue weighted by Crippen LogP contribution is 2.28. The molecule has 0 N–H and O–H groups in total. The number of fused-ring (bicyclic) bond motifs is 1. The van der Waals surface area contributed by atoms with Crippen LogP contribution in [-0.2, 0) is 11.2 Å². The van der Waals surface area contributed by atoms with Crippen molar-refractivity contribution in [1.29, 1.82) is 0 Å². The SMILES string of the molecule is CCc1c(C)sc2ncn(C3CCN(CC(=O)N(C)C)CC3)c(=O)c12. The lowest BCUT2D eigenvalue weighted by molar-refractivity contribution is -0.130. The van der Waals surface area contributed by atoms with Crippen molar-refractivity contribution in [1.82, 2.24) is 19.4 Å². The average Bonchev–Trinajstić information content (AvgIpc) is 2.92. The van der Waals surface area contributed by atoms with Crippen LogP contribution in [0.4, 0.5) is 0 Å². The Kier molecular flexibility index (Phi) is 5.24. The summed E-state index contributed by atoms with van der Waals surface area (Å²) in [6.07, 6.45) is 4.32. The van der Waals surface area contributed by atoms with Crippen molar-refractivity contribution in [3.05, 3.63) is 27.1 Å². The average molecular weight is 362 g/mol. The van der Waals surface area contributed by atoms with Gasteiger partial charge < -0.3 is 4.90 Å². The van der Waals surface area contributed by atoms with E-state index in [1.165, 1.54) is 4.88 Å². The van der Waals surface area contributed by atoms with Gasteiger partial charge in [-0.05, 0) is 31.7 Å². The highest BCUT2D eigenvalue weighted by Gasteiger charge is 2.24. The lowest BCUT2D eigenvalue weighted by Crippen LogP contribution is -2.42. The second-order valence-corrected chi connectivity index (χ2v) is 8.13. The van der Waals surface area contributed by atoms with Gasteiger partial charge in [0.2, 0.25) is 5.91 Å². The summed E-state index contributed by atoms with van der Waals surface area (Å²) in [4.78, 5) is 35.3. The highest BCUT2D eigenvalue weighted by molar-refractivity contribution is 7.18. The molecule has 0 unspecified atom stereocenters. The van der Waals surface area contributed by atoms with Crippen LogP contribution < -0.4 is 5.56 Å². The van der Waals surface area contributed by atoms with Crippen LogP contribution in [0.15, 0.2) is 11.1 Å². The number of aromatic nitrogens is 2. The van der Waals surface area contributed by atoms with Crippen molar-refractivity contribution in [2.45, 2.75) is 39.2 Å². The van der Waals surface area contributed by atoms with Crippen molar-refractivity contribution < 1.29 is 4.79 Å². The van der Waals surface area contributed by atoms with Gasteiger partial charge in [0.1, 0.15) is 4.83 Å². The first-order valence-corrected chi connectivity index (χ1v) is 9.65. The monoisotopic (exact) mass is 362 g/mol. The fourth-order valence-electron chi connectivity index (χ4n) is 3.54. The smallest absolute Gasteiger partial charge is 0.262 e. The fourth-order valence-corrected chi connectivity index (χ4v) is 4.62. The Balaban J connectivity index is 1.79. The number of carbonyl (C=O) groups excluding carboxylic acids is 1. The number of amides is 1. The molecule has 0 aliphatic carbocycles. The predicted molar refractivity (Wildman–Crippen MR) is 101 cm³/mol. The molecule has 2 aromatic heterocycles. The third-order valence-corrected chi connectivity index (χ3v) is 6.16. The number of aryl methyl sites for hydroxylation is 2. The number of piperidine rings is 1. The van der Waals surface area contributed by atoms with E-state index in [2.05, 4.69) is 23.7 Å². The van der Waals surface area contributed by atoms with Gasteiger partial charge in [-0.1, -0.05) is 6.92 Å². The normalized spacial score (nSPS) is 16.5. The Morgan fingerprint density at radius 2 is 2.04 bits per heavy atom. The van der Waals surface area contributed by atoms with E-state index in [4.69, 9.17) is 0 Å². The minimum absolute atomic E-state index is 0.0917. The zero-order chi connectivity index (χ0) is 18.1. The Bertz CT molecular complexity index is 831. The molecule has 1 amide bonds. The largest absolute Gasteiger partial charge is 0.348 e. The van der Waals surface area contributed by atoms with E-state index < -0.39 is 0 Å². The number of hydrogen-bond donors (Lipinski definition) is 0. The Morgan fingerprint density at radius 3 is 2.64 bits per heavy atom. The number of rotatable bonds is 4. The van der Waals surface area contributed by atoms with Gasteiger partial charge in [-0.3, -0.25) is 19.1 Å². The third kappa shape index (κ3) is 3.48. The molecule has 3 rings (SSSR count). The molecular weight excluding hydrogens is 336 g/mol. The van der Waals surface area contributed by atoms with E-state index in [0.717, 1.165) is 48.1 Å². The molecule has 0 aromatic carbocycles. The summed E-state index contributed by atoms with van der Waals surface area (Å²) in [5, 5.41) is 0.803. The van der Waals surface area contributed by atoms with Crippen molar-refractivity contribution in [2.75, 3.05) is 33.7 Å². The molecule has 1 saturated heterocycles. The van der Waals surface area contributed by atoms with Crippen LogP contribution in [0.25, 0.3) is 10.2 Å². The molecule has 1 aliphatic rings. The second-order valence-electron chi connectivity index (χ2n) is 6.92. The molecule has 136 valence electrons. The van der Waals surface area contributed by atoms with Gasteiger partial charge in [0.15, 0.2) is 0 Å². The van der Waals surface area contributed by atoms with Crippen LogP contribution in [0, 0.1) is 6.92 Å². The standard InChI is InChI=1S/C18H26N4O2S/c1-5-14-12(2)25-17-16(14)18(24)22(11-19-17)13-6-8-21(9-7-13)10-15(23)20(3)4/h11,13H,5-10H2,1-4H3. The van der Waals surface area contributed by atoms with Crippen molar-refractivity contribution >= 4 is 27.5 Å². The summed E-state index contributed by atoms with van der Waals surface area (Å²) in [5.74, 6) is 0.125. The molecule has 1 fully saturated rings. The number of hydrogen-bond acceptors (Lipinski definition) is 5. The van der Waals surface area contributed by atoms with Crippen molar-refractivity contribution in [3.63, 3.8) is 0 Å². The van der Waals surface area contributed by atoms with Gasteiger partial charge in [-0.2, -0.15) is 0 Å². The number of carbonyl (C=O) groups is 1. The molecule has 6 nitrogen and oxygen atoms in total. The number of nitrogens with zero attached hydrogens (tertiary/aromatic N) is 4. The van der Waals surface area contributed by atoms with E-state index in [-0.39, 0.29) is 17.5 Å². The molecule has 3 heterocycles. The van der Waals surface area contributed by atoms with Crippen LogP contribution in [0.3, 0.4) is 0 Å². The Morgan fingerprint density at radius 1 is 1.36 bits per heavy atom. The van der Waals surface area contributed by atoms with Gasteiger partial charge in [0, 0.05) is 38.1 Å². The zero-order valence-electron chi connectivity index (χ0n) is 15.4. The Labute approximate surface area is 152 Å². The van der Waals surface area contributed by atoms with Gasteiger partial charge in [0.25, 0.3) is 5.56 Å². The highest BCUT2D eigenvalue weighted by atomic mass is 32.1. The third-order valence-electron chi connectivity index (χ3n) is 5.10. The zero-order valence-corrected chi connectivity index (χ0v) is 16.2. The molecule has 0 atom stereocenters. The molecule has 7 heteroatoms. The molecule has 1 aliphatic heterocycles. The maximum atomic E-state index is 13.0. The van der Waals surface area contributed by atoms with Crippen LogP contribution in [-0.4, -0.2) is 59.0 Å². The molecule has 0 radical (unpaired) electrons. The van der Waals surface area contributed by atoms with Crippen molar-refractivity contribution in [3.8, 4) is 0 Å². The van der Waals surface area contributed by atoms with Crippen molar-refractivity contribution in [2.24, 2.45) is 0 Å². The number of likely N-dealkylation sites (N-methyl/N-ethyl adjacent to an activating group) is 1. The summed E-state index contributed by atoms with van der Waals surface area (Å²) in [6.45, 7) is 6.27. The second kappa shape index (κ2) is 7.25. The summed E-state index contributed by atoms with van der Waals surface area (Å²) >= 11 is 1.61. The molecule has 0 saturated carbocycles. The van der Waals surface area contributed by atoms with Gasteiger partial charge >= 0.3 is 0 Å². The molecule has 0 spiro atoms. The van der Waals surface area contributed by atoms with E-state index in [1.807, 2.05) is 4.57 Å². The first kappa shape index (κ1) is 18.1. The summed E-state index contributed by atoms with van der Waals surface area (Å²) in [7, 11) is 3.56. The fraction of sp³-hybridized carbons (Fsp3) is 0.611. The van der Waals surface area contributed by atoms with Crippen LogP contribution in [0.2, 0.25) is 0 Å². The van der Waals surface area contributed by atoms with Crippen LogP contribution in [0.1, 0.15) is 36.2 Å². The lowest BCUT2D eigenvalue weighted by atomic mass is 10.0. The topological polar surface area (TPSA) is 58.4 Å². The lowest BCUT2D eigenvalue weighted by Gasteiger charge is -2.32. The molecular formula is C18H26N4O2S. The molecule has 2 aromatic rings. The number of thiophene rings is 1. The van der Waals surface area contributed by atoms with Crippen LogP contribution >= 0.6 is 11.3 Å². The van der Waals surface area contributed by atoms with Crippen LogP contribution in [0.5, 0.6) is 0 Å². The van der Waals surface area contributed by atoms with E-state index in [0.29, 0.717) is 6.54 Å². The summed E-state index contributed by atoms with van der Waals surface area (Å²) in [5.41, 5.74) is 1.23. The maximum Gasteiger partial charge on any atom is 0.262 e.